The molecule has 0 bridgehead atoms. The summed E-state index contributed by atoms with van der Waals surface area (Å²) in [6.45, 7) is 4.56. The van der Waals surface area contributed by atoms with Crippen LogP contribution >= 0.6 is 0 Å². The molecule has 0 saturated carbocycles. The van der Waals surface area contributed by atoms with Crippen LogP contribution in [0, 0.1) is 0 Å². The van der Waals surface area contributed by atoms with Crippen molar-refractivity contribution < 1.29 is 13.9 Å². The summed E-state index contributed by atoms with van der Waals surface area (Å²) in [5.41, 5.74) is 3.53. The fourth-order valence-electron chi connectivity index (χ4n) is 2.55. The second kappa shape index (κ2) is 7.66. The molecule has 5 heteroatoms. The molecule has 1 unspecified atom stereocenters. The largest absolute Gasteiger partial charge is 0.494 e. The van der Waals surface area contributed by atoms with E-state index < -0.39 is 0 Å². The van der Waals surface area contributed by atoms with Gasteiger partial charge in [0.15, 0.2) is 12.1 Å². The van der Waals surface area contributed by atoms with Crippen molar-refractivity contribution in [2.75, 3.05) is 6.61 Å². The molecule has 0 aliphatic rings. The number of hydrogen-bond acceptors (Lipinski definition) is 4. The van der Waals surface area contributed by atoms with Gasteiger partial charge in [-0.25, -0.2) is 4.98 Å². The number of ether oxygens (including phenoxy) is 1. The smallest absolute Gasteiger partial charge is 0.273 e. The zero-order valence-electron chi connectivity index (χ0n) is 14.2. The Morgan fingerprint density at radius 1 is 1.12 bits per heavy atom. The average molecular weight is 336 g/mol. The molecule has 2 aromatic carbocycles. The number of hydrogen-bond donors (Lipinski definition) is 1. The summed E-state index contributed by atoms with van der Waals surface area (Å²) in [7, 11) is 0. The van der Waals surface area contributed by atoms with Crippen LogP contribution < -0.4 is 10.1 Å². The Morgan fingerprint density at radius 2 is 1.76 bits per heavy atom. The quantitative estimate of drug-likeness (QED) is 0.731. The highest BCUT2D eigenvalue weighted by atomic mass is 16.5. The molecule has 0 radical (unpaired) electrons. The minimum atomic E-state index is -0.253. The fraction of sp³-hybridized carbons (Fsp3) is 0.200. The first-order chi connectivity index (χ1) is 12.2. The van der Waals surface area contributed by atoms with Gasteiger partial charge in [0.25, 0.3) is 5.91 Å². The molecule has 5 nitrogen and oxygen atoms in total. The third-order valence-electron chi connectivity index (χ3n) is 3.92. The van der Waals surface area contributed by atoms with Crippen molar-refractivity contribution in [3.63, 3.8) is 0 Å². The van der Waals surface area contributed by atoms with Crippen molar-refractivity contribution >= 4 is 5.91 Å². The molecule has 0 spiro atoms. The Labute approximate surface area is 146 Å². The van der Waals surface area contributed by atoms with Gasteiger partial charge in [-0.1, -0.05) is 36.4 Å². The summed E-state index contributed by atoms with van der Waals surface area (Å²) in [4.78, 5) is 15.9. The SMILES string of the molecule is CCOc1ccc(-c2ccc(C(C)NC(=O)c3cocn3)cc2)cc1. The van der Waals surface area contributed by atoms with Crippen LogP contribution in [0.3, 0.4) is 0 Å². The molecule has 1 atom stereocenters. The van der Waals surface area contributed by atoms with Gasteiger partial charge in [0.2, 0.25) is 0 Å². The maximum absolute atomic E-state index is 12.0. The van der Waals surface area contributed by atoms with Gasteiger partial charge in [-0.3, -0.25) is 4.79 Å². The number of nitrogens with zero attached hydrogens (tertiary/aromatic N) is 1. The number of nitrogens with one attached hydrogen (secondary N) is 1. The lowest BCUT2D eigenvalue weighted by Gasteiger charge is -2.14. The first-order valence-corrected chi connectivity index (χ1v) is 8.19. The van der Waals surface area contributed by atoms with Crippen LogP contribution in [-0.4, -0.2) is 17.5 Å². The zero-order chi connectivity index (χ0) is 17.6. The molecule has 0 aliphatic carbocycles. The summed E-state index contributed by atoms with van der Waals surface area (Å²) in [5, 5.41) is 2.90. The number of carbonyl (C=O) groups is 1. The van der Waals surface area contributed by atoms with Crippen molar-refractivity contribution in [2.24, 2.45) is 0 Å². The van der Waals surface area contributed by atoms with E-state index in [4.69, 9.17) is 9.15 Å². The van der Waals surface area contributed by atoms with Crippen molar-refractivity contribution in [3.05, 3.63) is 72.4 Å². The fourth-order valence-corrected chi connectivity index (χ4v) is 2.55. The maximum Gasteiger partial charge on any atom is 0.273 e. The van der Waals surface area contributed by atoms with Crippen LogP contribution in [0.2, 0.25) is 0 Å². The van der Waals surface area contributed by atoms with E-state index in [-0.39, 0.29) is 17.6 Å². The lowest BCUT2D eigenvalue weighted by molar-refractivity contribution is 0.0935. The van der Waals surface area contributed by atoms with E-state index in [1.807, 2.05) is 62.4 Å². The first-order valence-electron chi connectivity index (χ1n) is 8.19. The zero-order valence-corrected chi connectivity index (χ0v) is 14.2. The van der Waals surface area contributed by atoms with Crippen LogP contribution in [0.5, 0.6) is 5.75 Å². The third kappa shape index (κ3) is 4.07. The van der Waals surface area contributed by atoms with Gasteiger partial charge in [0, 0.05) is 0 Å². The lowest BCUT2D eigenvalue weighted by Crippen LogP contribution is -2.26. The molecule has 1 aromatic heterocycles. The summed E-state index contributed by atoms with van der Waals surface area (Å²) < 4.78 is 10.3. The van der Waals surface area contributed by atoms with E-state index in [2.05, 4.69) is 10.3 Å². The number of rotatable bonds is 6. The minimum absolute atomic E-state index is 0.126. The van der Waals surface area contributed by atoms with Gasteiger partial charge >= 0.3 is 0 Å². The summed E-state index contributed by atoms with van der Waals surface area (Å²) in [6.07, 6.45) is 2.57. The molecular weight excluding hydrogens is 316 g/mol. The van der Waals surface area contributed by atoms with Crippen LogP contribution in [0.4, 0.5) is 0 Å². The van der Waals surface area contributed by atoms with Crippen LogP contribution in [0.25, 0.3) is 11.1 Å². The van der Waals surface area contributed by atoms with E-state index in [0.717, 1.165) is 22.4 Å². The van der Waals surface area contributed by atoms with Gasteiger partial charge in [-0.15, -0.1) is 0 Å². The summed E-state index contributed by atoms with van der Waals surface area (Å²) in [5.74, 6) is 0.615. The first kappa shape index (κ1) is 16.8. The van der Waals surface area contributed by atoms with Crippen LogP contribution in [-0.2, 0) is 0 Å². The van der Waals surface area contributed by atoms with E-state index >= 15 is 0 Å². The van der Waals surface area contributed by atoms with Gasteiger partial charge in [0.1, 0.15) is 12.0 Å². The predicted molar refractivity (Wildman–Crippen MR) is 95.4 cm³/mol. The second-order valence-electron chi connectivity index (χ2n) is 5.65. The van der Waals surface area contributed by atoms with E-state index in [0.29, 0.717) is 6.61 Å². The Bertz CT molecular complexity index is 809. The molecule has 3 rings (SSSR count). The molecule has 0 fully saturated rings. The minimum Gasteiger partial charge on any atom is -0.494 e. The third-order valence-corrected chi connectivity index (χ3v) is 3.92. The number of aromatic nitrogens is 1. The number of oxazole rings is 1. The number of carbonyl (C=O) groups excluding carboxylic acids is 1. The molecule has 25 heavy (non-hydrogen) atoms. The highest BCUT2D eigenvalue weighted by Gasteiger charge is 2.13. The standard InChI is InChI=1S/C20H20N2O3/c1-3-25-18-10-8-17(9-11-18)16-6-4-15(5-7-16)14(2)22-20(23)19-12-24-13-21-19/h4-14H,3H2,1-2H3,(H,22,23). The number of benzene rings is 2. The topological polar surface area (TPSA) is 64.4 Å². The van der Waals surface area contributed by atoms with Crippen molar-refractivity contribution in [3.8, 4) is 16.9 Å². The highest BCUT2D eigenvalue weighted by Crippen LogP contribution is 2.24. The molecule has 3 aromatic rings. The highest BCUT2D eigenvalue weighted by molar-refractivity contribution is 5.92. The molecule has 1 amide bonds. The lowest BCUT2D eigenvalue weighted by atomic mass is 10.0. The summed E-state index contributed by atoms with van der Waals surface area (Å²) in [6, 6.07) is 16.0. The second-order valence-corrected chi connectivity index (χ2v) is 5.65. The molecule has 0 aliphatic heterocycles. The van der Waals surface area contributed by atoms with Crippen molar-refractivity contribution in [1.82, 2.24) is 10.3 Å². The Hall–Kier alpha value is -3.08. The van der Waals surface area contributed by atoms with E-state index in [1.165, 1.54) is 12.7 Å². The van der Waals surface area contributed by atoms with Gasteiger partial charge in [-0.05, 0) is 42.7 Å². The van der Waals surface area contributed by atoms with Gasteiger partial charge in [-0.2, -0.15) is 0 Å². The van der Waals surface area contributed by atoms with Crippen molar-refractivity contribution in [1.29, 1.82) is 0 Å². The molecule has 1 N–H and O–H groups in total. The van der Waals surface area contributed by atoms with Crippen molar-refractivity contribution in [2.45, 2.75) is 19.9 Å². The molecular formula is C20H20N2O3. The van der Waals surface area contributed by atoms with E-state index in [1.54, 1.807) is 0 Å². The molecule has 0 saturated heterocycles. The summed E-state index contributed by atoms with van der Waals surface area (Å²) >= 11 is 0. The average Bonchev–Trinajstić information content (AvgIpc) is 3.18. The van der Waals surface area contributed by atoms with Gasteiger partial charge < -0.3 is 14.5 Å². The predicted octanol–water partition coefficient (Wildman–Crippen LogP) is 4.23. The number of amides is 1. The van der Waals surface area contributed by atoms with Crippen LogP contribution in [0.1, 0.15) is 35.9 Å². The molecule has 128 valence electrons. The molecule has 1 heterocycles. The maximum atomic E-state index is 12.0. The Balaban J connectivity index is 1.68. The van der Waals surface area contributed by atoms with Gasteiger partial charge in [0.05, 0.1) is 12.6 Å². The Morgan fingerprint density at radius 3 is 2.32 bits per heavy atom. The Kier molecular flexibility index (Phi) is 5.14. The van der Waals surface area contributed by atoms with E-state index in [9.17, 15) is 4.79 Å². The normalized spacial score (nSPS) is 11.8. The van der Waals surface area contributed by atoms with Crippen LogP contribution in [0.15, 0.2) is 65.6 Å². The monoisotopic (exact) mass is 336 g/mol.